The Morgan fingerprint density at radius 3 is 2.23 bits per heavy atom. The summed E-state index contributed by atoms with van der Waals surface area (Å²) in [6, 6.07) is 22.2. The third-order valence-corrected chi connectivity index (χ3v) is 8.28. The number of hydrogen-bond donors (Lipinski definition) is 1. The fourth-order valence-electron chi connectivity index (χ4n) is 4.48. The summed E-state index contributed by atoms with van der Waals surface area (Å²) in [4.78, 5) is 28.4. The highest BCUT2D eigenvalue weighted by Gasteiger charge is 2.30. The third-order valence-electron chi connectivity index (χ3n) is 6.57. The molecule has 0 aromatic heterocycles. The van der Waals surface area contributed by atoms with Gasteiger partial charge in [0.25, 0.3) is 0 Å². The van der Waals surface area contributed by atoms with Crippen LogP contribution in [0.15, 0.2) is 77.3 Å². The Morgan fingerprint density at radius 2 is 1.62 bits per heavy atom. The molecule has 0 aliphatic carbocycles. The number of carbonyl (C=O) groups is 2. The van der Waals surface area contributed by atoms with Crippen molar-refractivity contribution >= 4 is 43.5 Å². The highest BCUT2D eigenvalue weighted by Crippen LogP contribution is 2.25. The topological polar surface area (TPSA) is 86.8 Å². The number of sulfonamides is 1. The lowest BCUT2D eigenvalue weighted by Gasteiger charge is -2.31. The van der Waals surface area contributed by atoms with E-state index in [9.17, 15) is 18.0 Å². The maximum absolute atomic E-state index is 13.7. The molecule has 1 atom stereocenters. The van der Waals surface area contributed by atoms with Crippen molar-refractivity contribution in [1.29, 1.82) is 0 Å². The number of hydrogen-bond acceptors (Lipinski definition) is 4. The molecular weight excluding hydrogens is 578 g/mol. The number of halogens is 1. The molecule has 39 heavy (non-hydrogen) atoms. The maximum atomic E-state index is 13.7. The summed E-state index contributed by atoms with van der Waals surface area (Å²) in [5, 5.41) is 2.71. The number of benzene rings is 3. The average Bonchev–Trinajstić information content (AvgIpc) is 2.90. The zero-order chi connectivity index (χ0) is 28.6. The molecule has 0 saturated heterocycles. The number of rotatable bonds is 12. The number of carbonyl (C=O) groups excluding carboxylic acids is 2. The predicted octanol–water partition coefficient (Wildman–Crippen LogP) is 5.00. The van der Waals surface area contributed by atoms with Crippen LogP contribution in [0, 0.1) is 13.8 Å². The van der Waals surface area contributed by atoms with Crippen LogP contribution in [0.4, 0.5) is 5.69 Å². The normalized spacial score (nSPS) is 12.0. The van der Waals surface area contributed by atoms with Crippen LogP contribution in [0.5, 0.6) is 0 Å². The Labute approximate surface area is 240 Å². The molecule has 0 fully saturated rings. The van der Waals surface area contributed by atoms with Gasteiger partial charge in [-0.05, 0) is 60.7 Å². The molecule has 0 heterocycles. The quantitative estimate of drug-likeness (QED) is 0.311. The minimum absolute atomic E-state index is 0.0930. The van der Waals surface area contributed by atoms with E-state index in [2.05, 4.69) is 21.2 Å². The number of likely N-dealkylation sites (N-methyl/N-ethyl adjacent to an activating group) is 1. The largest absolute Gasteiger partial charge is 0.357 e. The summed E-state index contributed by atoms with van der Waals surface area (Å²) < 4.78 is 27.7. The smallest absolute Gasteiger partial charge is 0.242 e. The maximum Gasteiger partial charge on any atom is 0.242 e. The number of nitrogens with one attached hydrogen (secondary N) is 1. The van der Waals surface area contributed by atoms with Crippen LogP contribution in [-0.2, 0) is 32.6 Å². The lowest BCUT2D eigenvalue weighted by atomic mass is 10.0. The highest BCUT2D eigenvalue weighted by atomic mass is 79.9. The number of anilines is 1. The summed E-state index contributed by atoms with van der Waals surface area (Å²) in [5.41, 5.74) is 4.25. The van der Waals surface area contributed by atoms with E-state index in [1.165, 1.54) is 10.6 Å². The molecule has 0 spiro atoms. The van der Waals surface area contributed by atoms with Crippen LogP contribution < -0.4 is 9.62 Å². The lowest BCUT2D eigenvalue weighted by molar-refractivity contribution is -0.141. The molecule has 9 heteroatoms. The van der Waals surface area contributed by atoms with Crippen molar-refractivity contribution < 1.29 is 18.0 Å². The first-order valence-electron chi connectivity index (χ1n) is 12.8. The summed E-state index contributed by atoms with van der Waals surface area (Å²) in [6.45, 7) is 4.20. The van der Waals surface area contributed by atoms with Gasteiger partial charge in [-0.1, -0.05) is 70.5 Å². The third kappa shape index (κ3) is 8.66. The van der Waals surface area contributed by atoms with Crippen molar-refractivity contribution in [1.82, 2.24) is 10.2 Å². The molecule has 0 aliphatic rings. The van der Waals surface area contributed by atoms with Gasteiger partial charge in [0.05, 0.1) is 11.9 Å². The molecule has 3 aromatic rings. The number of aryl methyl sites for hydroxylation is 2. The first-order valence-corrected chi connectivity index (χ1v) is 15.5. The monoisotopic (exact) mass is 613 g/mol. The summed E-state index contributed by atoms with van der Waals surface area (Å²) >= 11 is 3.44. The van der Waals surface area contributed by atoms with Crippen LogP contribution >= 0.6 is 15.9 Å². The van der Waals surface area contributed by atoms with E-state index in [1.807, 2.05) is 86.6 Å². The SMILES string of the molecule is CNC(=O)[C@@H](Cc1ccccc1)N(Cc1ccc(Br)cc1)C(=O)CCCN(c1cc(C)ccc1C)S(C)(=O)=O. The van der Waals surface area contributed by atoms with Gasteiger partial charge in [0.1, 0.15) is 6.04 Å². The summed E-state index contributed by atoms with van der Waals surface area (Å²) in [7, 11) is -2.00. The summed E-state index contributed by atoms with van der Waals surface area (Å²) in [5.74, 6) is -0.464. The zero-order valence-corrected chi connectivity index (χ0v) is 25.3. The van der Waals surface area contributed by atoms with E-state index in [0.29, 0.717) is 18.5 Å². The fraction of sp³-hybridized carbons (Fsp3) is 0.333. The molecule has 0 bridgehead atoms. The second-order valence-electron chi connectivity index (χ2n) is 9.70. The van der Waals surface area contributed by atoms with Crippen molar-refractivity contribution in [2.45, 2.75) is 45.7 Å². The molecule has 7 nitrogen and oxygen atoms in total. The van der Waals surface area contributed by atoms with Gasteiger partial charge in [-0.2, -0.15) is 0 Å². The average molecular weight is 615 g/mol. The van der Waals surface area contributed by atoms with Gasteiger partial charge in [0, 0.05) is 37.5 Å². The molecule has 0 saturated carbocycles. The number of amides is 2. The van der Waals surface area contributed by atoms with E-state index >= 15 is 0 Å². The van der Waals surface area contributed by atoms with Crippen LogP contribution in [0.25, 0.3) is 0 Å². The highest BCUT2D eigenvalue weighted by molar-refractivity contribution is 9.10. The first-order chi connectivity index (χ1) is 18.5. The minimum Gasteiger partial charge on any atom is -0.357 e. The molecular formula is C30H36BrN3O4S. The first kappa shape index (κ1) is 30.4. The van der Waals surface area contributed by atoms with E-state index in [0.717, 1.165) is 26.7 Å². The molecule has 3 aromatic carbocycles. The van der Waals surface area contributed by atoms with E-state index < -0.39 is 16.1 Å². The Kier molecular flexibility index (Phi) is 10.7. The van der Waals surface area contributed by atoms with Gasteiger partial charge in [-0.15, -0.1) is 0 Å². The van der Waals surface area contributed by atoms with Crippen molar-refractivity contribution in [2.75, 3.05) is 24.2 Å². The summed E-state index contributed by atoms with van der Waals surface area (Å²) in [6.07, 6.45) is 1.94. The Balaban J connectivity index is 1.86. The van der Waals surface area contributed by atoms with Crippen molar-refractivity contribution in [2.24, 2.45) is 0 Å². The van der Waals surface area contributed by atoms with Gasteiger partial charge in [0.2, 0.25) is 21.8 Å². The predicted molar refractivity (Wildman–Crippen MR) is 160 cm³/mol. The molecule has 2 amide bonds. The molecule has 0 aliphatic heterocycles. The van der Waals surface area contributed by atoms with E-state index in [-0.39, 0.29) is 31.3 Å². The van der Waals surface area contributed by atoms with Crippen molar-refractivity contribution in [3.63, 3.8) is 0 Å². The Bertz CT molecular complexity index is 1380. The van der Waals surface area contributed by atoms with E-state index in [4.69, 9.17) is 0 Å². The molecule has 0 unspecified atom stereocenters. The van der Waals surface area contributed by atoms with Gasteiger partial charge in [-0.3, -0.25) is 13.9 Å². The van der Waals surface area contributed by atoms with Crippen molar-refractivity contribution in [3.05, 3.63) is 99.5 Å². The van der Waals surface area contributed by atoms with Crippen LogP contribution in [-0.4, -0.2) is 51.0 Å². The van der Waals surface area contributed by atoms with Crippen LogP contribution in [0.3, 0.4) is 0 Å². The molecule has 0 radical (unpaired) electrons. The second kappa shape index (κ2) is 13.8. The van der Waals surface area contributed by atoms with Crippen LogP contribution in [0.1, 0.15) is 35.1 Å². The zero-order valence-electron chi connectivity index (χ0n) is 22.9. The Hall–Kier alpha value is -3.17. The van der Waals surface area contributed by atoms with E-state index in [1.54, 1.807) is 11.9 Å². The van der Waals surface area contributed by atoms with Gasteiger partial charge >= 0.3 is 0 Å². The molecule has 3 rings (SSSR count). The minimum atomic E-state index is -3.56. The number of nitrogens with zero attached hydrogens (tertiary/aromatic N) is 2. The Morgan fingerprint density at radius 1 is 0.949 bits per heavy atom. The fourth-order valence-corrected chi connectivity index (χ4v) is 5.76. The molecule has 1 N–H and O–H groups in total. The molecule has 208 valence electrons. The second-order valence-corrected chi connectivity index (χ2v) is 12.5. The lowest BCUT2D eigenvalue weighted by Crippen LogP contribution is -2.49. The van der Waals surface area contributed by atoms with Gasteiger partial charge in [0.15, 0.2) is 0 Å². The van der Waals surface area contributed by atoms with Crippen molar-refractivity contribution in [3.8, 4) is 0 Å². The van der Waals surface area contributed by atoms with Gasteiger partial charge < -0.3 is 10.2 Å². The standard InChI is InChI=1S/C30H36BrN3O4S/c1-22-12-13-23(2)27(19-22)34(39(4,37)38)18-8-11-29(35)33(21-25-14-16-26(31)17-15-25)28(30(36)32-3)20-24-9-6-5-7-10-24/h5-7,9-10,12-17,19,28H,8,11,18,20-21H2,1-4H3,(H,32,36)/t28-/m1/s1. The van der Waals surface area contributed by atoms with Gasteiger partial charge in [-0.25, -0.2) is 8.42 Å². The van der Waals surface area contributed by atoms with Crippen LogP contribution in [0.2, 0.25) is 0 Å².